The maximum Gasteiger partial charge on any atom is 0.227 e. The predicted molar refractivity (Wildman–Crippen MR) is 113 cm³/mol. The summed E-state index contributed by atoms with van der Waals surface area (Å²) in [5.41, 5.74) is 1.65. The number of aromatic nitrogens is 3. The number of hydrogen-bond donors (Lipinski definition) is 1. The first kappa shape index (κ1) is 19.8. The summed E-state index contributed by atoms with van der Waals surface area (Å²) in [4.78, 5) is 17.9. The molecule has 0 radical (unpaired) electrons. The number of carbonyl (C=O) groups excluding carboxylic acids is 1. The number of ketones is 1. The molecule has 0 saturated carbocycles. The number of nitrogens with one attached hydrogen (secondary N) is 1. The minimum atomic E-state index is -0.338. The van der Waals surface area contributed by atoms with Crippen molar-refractivity contribution in [1.82, 2.24) is 14.8 Å². The number of thioether (sulfide) groups is 1. The number of allylic oxidation sites excluding steroid dienone is 2. The van der Waals surface area contributed by atoms with Crippen molar-refractivity contribution < 1.29 is 14.3 Å². The molecule has 0 amide bonds. The van der Waals surface area contributed by atoms with Crippen molar-refractivity contribution in [3.63, 3.8) is 0 Å². The maximum atomic E-state index is 13.2. The zero-order valence-corrected chi connectivity index (χ0v) is 18.2. The number of fused-ring (bicyclic) bond motifs is 2. The molecule has 1 aromatic carbocycles. The topological polar surface area (TPSA) is 78.3 Å². The number of hydrogen-bond acceptors (Lipinski definition) is 7. The zero-order chi connectivity index (χ0) is 20.8. The van der Waals surface area contributed by atoms with Crippen LogP contribution >= 0.6 is 11.8 Å². The van der Waals surface area contributed by atoms with Gasteiger partial charge in [-0.25, -0.2) is 4.68 Å². The fourth-order valence-corrected chi connectivity index (χ4v) is 4.72. The van der Waals surface area contributed by atoms with E-state index in [2.05, 4.69) is 37.1 Å². The van der Waals surface area contributed by atoms with Gasteiger partial charge in [0.05, 0.1) is 26.2 Å². The molecule has 0 fully saturated rings. The molecule has 1 aliphatic heterocycles. The van der Waals surface area contributed by atoms with E-state index >= 15 is 0 Å². The van der Waals surface area contributed by atoms with Gasteiger partial charge in [-0.05, 0) is 28.9 Å². The van der Waals surface area contributed by atoms with E-state index in [4.69, 9.17) is 14.6 Å². The van der Waals surface area contributed by atoms with E-state index in [9.17, 15) is 4.79 Å². The van der Waals surface area contributed by atoms with Gasteiger partial charge in [-0.2, -0.15) is 4.98 Å². The number of methoxy groups -OCH3 is 2. The van der Waals surface area contributed by atoms with Crippen molar-refractivity contribution in [2.45, 2.75) is 38.4 Å². The normalized spacial score (nSPS) is 22.2. The quantitative estimate of drug-likeness (QED) is 0.743. The smallest absolute Gasteiger partial charge is 0.227 e. The molecule has 2 atom stereocenters. The van der Waals surface area contributed by atoms with Crippen LogP contribution in [0.15, 0.2) is 35.1 Å². The lowest BCUT2D eigenvalue weighted by Crippen LogP contribution is -2.42. The Bertz CT molecular complexity index is 982. The Kier molecular flexibility index (Phi) is 5.06. The monoisotopic (exact) mass is 414 g/mol. The van der Waals surface area contributed by atoms with Crippen molar-refractivity contribution in [2.24, 2.45) is 11.3 Å². The van der Waals surface area contributed by atoms with Crippen molar-refractivity contribution >= 4 is 23.5 Å². The fourth-order valence-electron chi connectivity index (χ4n) is 4.17. The minimum absolute atomic E-state index is 0.193. The summed E-state index contributed by atoms with van der Waals surface area (Å²) in [6, 6.07) is 5.48. The molecule has 4 rings (SSSR count). The summed E-state index contributed by atoms with van der Waals surface area (Å²) in [5, 5.41) is 8.79. The van der Waals surface area contributed by atoms with Crippen molar-refractivity contribution in [3.8, 4) is 11.5 Å². The van der Waals surface area contributed by atoms with Gasteiger partial charge in [0.25, 0.3) is 0 Å². The molecule has 29 heavy (non-hydrogen) atoms. The highest BCUT2D eigenvalue weighted by Crippen LogP contribution is 2.46. The molecule has 1 aromatic heterocycles. The lowest BCUT2D eigenvalue weighted by Gasteiger charge is -2.40. The lowest BCUT2D eigenvalue weighted by molar-refractivity contribution is -0.125. The highest BCUT2D eigenvalue weighted by Gasteiger charge is 2.45. The minimum Gasteiger partial charge on any atom is -0.493 e. The molecular weight excluding hydrogens is 388 g/mol. The number of Topliss-reactive ketones (excluding diaryl/α,β-unsaturated/α-hetero) is 1. The van der Waals surface area contributed by atoms with E-state index in [1.165, 1.54) is 0 Å². The summed E-state index contributed by atoms with van der Waals surface area (Å²) < 4.78 is 12.7. The molecule has 0 bridgehead atoms. The second-order valence-corrected chi connectivity index (χ2v) is 9.22. The third kappa shape index (κ3) is 3.50. The molecule has 2 aliphatic rings. The van der Waals surface area contributed by atoms with E-state index in [1.807, 2.05) is 22.9 Å². The summed E-state index contributed by atoms with van der Waals surface area (Å²) >= 11 is 1.58. The molecule has 8 heteroatoms. The van der Waals surface area contributed by atoms with Gasteiger partial charge in [0.15, 0.2) is 11.5 Å². The van der Waals surface area contributed by atoms with Crippen LogP contribution in [0, 0.1) is 11.3 Å². The van der Waals surface area contributed by atoms with Gasteiger partial charge < -0.3 is 14.8 Å². The van der Waals surface area contributed by atoms with Gasteiger partial charge >= 0.3 is 0 Å². The number of carbonyl (C=O) groups is 1. The van der Waals surface area contributed by atoms with Crippen molar-refractivity contribution in [1.29, 1.82) is 0 Å². The van der Waals surface area contributed by atoms with Gasteiger partial charge in [0.2, 0.25) is 11.1 Å². The number of benzene rings is 1. The van der Waals surface area contributed by atoms with Crippen LogP contribution < -0.4 is 14.8 Å². The highest BCUT2D eigenvalue weighted by atomic mass is 32.2. The van der Waals surface area contributed by atoms with Gasteiger partial charge in [0.1, 0.15) is 5.78 Å². The Hall–Kier alpha value is -2.48. The molecule has 0 spiro atoms. The first-order chi connectivity index (χ1) is 13.9. The van der Waals surface area contributed by atoms with Crippen LogP contribution in [0.4, 0.5) is 5.95 Å². The molecule has 1 N–H and O–H groups in total. The number of rotatable bonds is 5. The molecule has 2 aromatic rings. The molecular formula is C21H26N4O3S. The second-order valence-electron chi connectivity index (χ2n) is 7.99. The number of anilines is 1. The summed E-state index contributed by atoms with van der Waals surface area (Å²) in [6.45, 7) is 6.23. The first-order valence-electron chi connectivity index (χ1n) is 9.70. The number of nitrogens with zero attached hydrogens (tertiary/aromatic N) is 3. The van der Waals surface area contributed by atoms with Crippen LogP contribution in [0.25, 0.3) is 0 Å². The van der Waals surface area contributed by atoms with Gasteiger partial charge in [-0.3, -0.25) is 4.79 Å². The van der Waals surface area contributed by atoms with Crippen LogP contribution in [0.1, 0.15) is 38.8 Å². The maximum absolute atomic E-state index is 13.2. The van der Waals surface area contributed by atoms with E-state index in [1.54, 1.807) is 26.0 Å². The SMILES string of the molecule is CCSc1nc2n(n1)[C@H](c1ccc(OC)c(OC)c1)[C@H]1C(=O)CC(C)(C)C=C1N2. The molecule has 0 unspecified atom stereocenters. The average Bonchev–Trinajstić information content (AvgIpc) is 3.07. The van der Waals surface area contributed by atoms with Gasteiger partial charge in [-0.1, -0.05) is 44.7 Å². The fraction of sp³-hybridized carbons (Fsp3) is 0.476. The molecule has 154 valence electrons. The summed E-state index contributed by atoms with van der Waals surface area (Å²) in [6.07, 6.45) is 2.66. The zero-order valence-electron chi connectivity index (χ0n) is 17.4. The van der Waals surface area contributed by atoms with Crippen molar-refractivity contribution in [3.05, 3.63) is 35.5 Å². The van der Waals surface area contributed by atoms with Gasteiger partial charge in [0, 0.05) is 12.1 Å². The second kappa shape index (κ2) is 7.40. The predicted octanol–water partition coefficient (Wildman–Crippen LogP) is 3.92. The van der Waals surface area contributed by atoms with Crippen LogP contribution in [0.2, 0.25) is 0 Å². The first-order valence-corrected chi connectivity index (χ1v) is 10.7. The molecule has 0 saturated heterocycles. The molecule has 1 aliphatic carbocycles. The highest BCUT2D eigenvalue weighted by molar-refractivity contribution is 7.99. The molecule has 2 heterocycles. The van der Waals surface area contributed by atoms with Crippen LogP contribution in [0.5, 0.6) is 11.5 Å². The number of ether oxygens (including phenoxy) is 2. The summed E-state index contributed by atoms with van der Waals surface area (Å²) in [7, 11) is 3.22. The van der Waals surface area contributed by atoms with Crippen LogP contribution in [-0.2, 0) is 4.79 Å². The standard InChI is InChI=1S/C21H26N4O3S/c1-6-29-20-23-19-22-13-10-21(2,3)11-14(26)17(13)18(25(19)24-20)12-7-8-15(27-4)16(9-12)28-5/h7-10,17-18H,6,11H2,1-5H3,(H,22,23,24)/t17-,18-/m1/s1. The third-order valence-electron chi connectivity index (χ3n) is 5.33. The Labute approximate surface area is 174 Å². The Morgan fingerprint density at radius 2 is 2.03 bits per heavy atom. The lowest BCUT2D eigenvalue weighted by atomic mass is 9.72. The Morgan fingerprint density at radius 3 is 2.72 bits per heavy atom. The summed E-state index contributed by atoms with van der Waals surface area (Å²) in [5.74, 6) is 2.68. The van der Waals surface area contributed by atoms with E-state index in [0.717, 1.165) is 17.0 Å². The van der Waals surface area contributed by atoms with Crippen LogP contribution in [0.3, 0.4) is 0 Å². The Morgan fingerprint density at radius 1 is 1.28 bits per heavy atom. The average molecular weight is 415 g/mol. The van der Waals surface area contributed by atoms with Gasteiger partial charge in [-0.15, -0.1) is 5.10 Å². The third-order valence-corrected chi connectivity index (χ3v) is 6.05. The van der Waals surface area contributed by atoms with Crippen LogP contribution in [-0.4, -0.2) is 40.5 Å². The Balaban J connectivity index is 1.89. The van der Waals surface area contributed by atoms with Crippen molar-refractivity contribution in [2.75, 3.05) is 25.3 Å². The van der Waals surface area contributed by atoms with E-state index in [0.29, 0.717) is 29.0 Å². The van der Waals surface area contributed by atoms with E-state index in [-0.39, 0.29) is 23.2 Å². The largest absolute Gasteiger partial charge is 0.493 e. The van der Waals surface area contributed by atoms with E-state index < -0.39 is 0 Å². The molecule has 7 nitrogen and oxygen atoms in total.